The topological polar surface area (TPSA) is 29.3 Å². The summed E-state index contributed by atoms with van der Waals surface area (Å²) in [6.45, 7) is 11.0. The second-order valence-corrected chi connectivity index (χ2v) is 4.06. The van der Waals surface area contributed by atoms with Crippen LogP contribution in [-0.4, -0.2) is 24.5 Å². The number of nitrogens with two attached hydrogens (primary N) is 1. The van der Waals surface area contributed by atoms with Crippen molar-refractivity contribution < 1.29 is 0 Å². The Morgan fingerprint density at radius 2 is 1.65 bits per heavy atom. The van der Waals surface area contributed by atoms with Crippen LogP contribution in [0.2, 0.25) is 0 Å². The molecule has 0 fully saturated rings. The van der Waals surface area contributed by atoms with Gasteiger partial charge in [-0.3, -0.25) is 4.90 Å². The summed E-state index contributed by atoms with van der Waals surface area (Å²) in [6, 6.07) is 8.36. The van der Waals surface area contributed by atoms with Crippen LogP contribution in [0.4, 0.5) is 0 Å². The predicted molar refractivity (Wildman–Crippen MR) is 74.9 cm³/mol. The largest absolute Gasteiger partial charge is 0.326 e. The monoisotopic (exact) mass is 230 g/mol. The second kappa shape index (κ2) is 7.82. The van der Waals surface area contributed by atoms with Gasteiger partial charge in [-0.05, 0) is 17.5 Å². The highest BCUT2D eigenvalue weighted by Crippen LogP contribution is 2.09. The van der Waals surface area contributed by atoms with Gasteiger partial charge >= 0.3 is 0 Å². The summed E-state index contributed by atoms with van der Waals surface area (Å²) in [6.07, 6.45) is 4.88. The minimum atomic E-state index is 0.610. The minimum Gasteiger partial charge on any atom is -0.326 e. The Kier molecular flexibility index (Phi) is 6.30. The normalized spacial score (nSPS) is 10.5. The van der Waals surface area contributed by atoms with E-state index in [1.807, 2.05) is 18.2 Å². The Balaban J connectivity index is 2.57. The molecule has 17 heavy (non-hydrogen) atoms. The van der Waals surface area contributed by atoms with E-state index in [4.69, 9.17) is 5.73 Å². The summed E-state index contributed by atoms with van der Waals surface area (Å²) < 4.78 is 0. The van der Waals surface area contributed by atoms with Gasteiger partial charge in [-0.2, -0.15) is 0 Å². The van der Waals surface area contributed by atoms with Crippen LogP contribution in [0, 0.1) is 0 Å². The average Bonchev–Trinajstić information content (AvgIpc) is 2.37. The lowest BCUT2D eigenvalue weighted by Crippen LogP contribution is -2.26. The van der Waals surface area contributed by atoms with Crippen LogP contribution < -0.4 is 5.73 Å². The third-order valence-corrected chi connectivity index (χ3v) is 2.81. The van der Waals surface area contributed by atoms with E-state index in [0.29, 0.717) is 6.54 Å². The Hall–Kier alpha value is -1.38. The molecule has 1 aromatic carbocycles. The molecule has 0 aliphatic heterocycles. The van der Waals surface area contributed by atoms with E-state index in [0.717, 1.165) is 26.1 Å². The van der Waals surface area contributed by atoms with E-state index < -0.39 is 0 Å². The third kappa shape index (κ3) is 4.55. The quantitative estimate of drug-likeness (QED) is 0.695. The Labute approximate surface area is 104 Å². The van der Waals surface area contributed by atoms with Gasteiger partial charge in [-0.1, -0.05) is 36.4 Å². The molecule has 0 unspecified atom stereocenters. The zero-order chi connectivity index (χ0) is 12.5. The lowest BCUT2D eigenvalue weighted by Gasteiger charge is -2.19. The van der Waals surface area contributed by atoms with Crippen molar-refractivity contribution in [3.05, 3.63) is 60.7 Å². The average molecular weight is 230 g/mol. The highest BCUT2D eigenvalue weighted by atomic mass is 15.1. The molecule has 0 radical (unpaired) electrons. The lowest BCUT2D eigenvalue weighted by molar-refractivity contribution is 0.339. The first-order chi connectivity index (χ1) is 8.31. The fourth-order valence-corrected chi connectivity index (χ4v) is 1.90. The van der Waals surface area contributed by atoms with Crippen LogP contribution in [0.5, 0.6) is 0 Å². The number of rotatable bonds is 8. The molecule has 0 saturated heterocycles. The molecule has 0 aromatic heterocycles. The first-order valence-electron chi connectivity index (χ1n) is 6.02. The van der Waals surface area contributed by atoms with Gasteiger partial charge in [0, 0.05) is 26.2 Å². The molecule has 0 amide bonds. The van der Waals surface area contributed by atoms with Crippen molar-refractivity contribution in [1.82, 2.24) is 4.90 Å². The Morgan fingerprint density at radius 3 is 2.18 bits per heavy atom. The highest BCUT2D eigenvalue weighted by molar-refractivity contribution is 5.27. The smallest absolute Gasteiger partial charge is 0.0180 e. The van der Waals surface area contributed by atoms with Crippen LogP contribution >= 0.6 is 0 Å². The predicted octanol–water partition coefficient (Wildman–Crippen LogP) is 2.36. The maximum Gasteiger partial charge on any atom is 0.0180 e. The second-order valence-electron chi connectivity index (χ2n) is 4.06. The number of hydrogen-bond donors (Lipinski definition) is 1. The van der Waals surface area contributed by atoms with Gasteiger partial charge in [-0.15, -0.1) is 13.2 Å². The third-order valence-electron chi connectivity index (χ3n) is 2.81. The minimum absolute atomic E-state index is 0.610. The number of hydrogen-bond acceptors (Lipinski definition) is 2. The fraction of sp³-hybridized carbons (Fsp3) is 0.333. The van der Waals surface area contributed by atoms with Crippen LogP contribution in [0.25, 0.3) is 0 Å². The molecule has 2 N–H and O–H groups in total. The van der Waals surface area contributed by atoms with E-state index in [1.165, 1.54) is 11.1 Å². The fourth-order valence-electron chi connectivity index (χ4n) is 1.90. The van der Waals surface area contributed by atoms with Crippen LogP contribution in [0.1, 0.15) is 11.1 Å². The SMILES string of the molecule is C=CCN(CC=C)CCc1ccccc1CN. The molecular weight excluding hydrogens is 208 g/mol. The molecule has 0 spiro atoms. The molecule has 2 heteroatoms. The summed E-state index contributed by atoms with van der Waals surface area (Å²) in [5.41, 5.74) is 8.31. The van der Waals surface area contributed by atoms with Crippen LogP contribution in [0.15, 0.2) is 49.6 Å². The van der Waals surface area contributed by atoms with Crippen molar-refractivity contribution in [2.24, 2.45) is 5.73 Å². The van der Waals surface area contributed by atoms with Gasteiger partial charge < -0.3 is 5.73 Å². The summed E-state index contributed by atoms with van der Waals surface area (Å²) in [5, 5.41) is 0. The molecule has 92 valence electrons. The molecule has 0 aliphatic carbocycles. The standard InChI is InChI=1S/C15H22N2/c1-3-10-17(11-4-2)12-9-14-7-5-6-8-15(14)13-16/h3-8H,1-2,9-13,16H2. The molecule has 1 rings (SSSR count). The van der Waals surface area contributed by atoms with Gasteiger partial charge in [0.1, 0.15) is 0 Å². The molecule has 0 aliphatic rings. The molecule has 2 nitrogen and oxygen atoms in total. The van der Waals surface area contributed by atoms with Crippen molar-refractivity contribution >= 4 is 0 Å². The number of benzene rings is 1. The zero-order valence-electron chi connectivity index (χ0n) is 10.4. The van der Waals surface area contributed by atoms with Gasteiger partial charge in [0.25, 0.3) is 0 Å². The zero-order valence-corrected chi connectivity index (χ0v) is 10.4. The highest BCUT2D eigenvalue weighted by Gasteiger charge is 2.04. The van der Waals surface area contributed by atoms with E-state index in [-0.39, 0.29) is 0 Å². The lowest BCUT2D eigenvalue weighted by atomic mass is 10.0. The van der Waals surface area contributed by atoms with Gasteiger partial charge in [0.15, 0.2) is 0 Å². The van der Waals surface area contributed by atoms with Gasteiger partial charge in [0.05, 0.1) is 0 Å². The first kappa shape index (κ1) is 13.7. The molecule has 0 atom stereocenters. The maximum atomic E-state index is 5.73. The molecule has 0 bridgehead atoms. The van der Waals surface area contributed by atoms with Crippen molar-refractivity contribution in [2.75, 3.05) is 19.6 Å². The molecule has 0 saturated carbocycles. The number of nitrogens with zero attached hydrogens (tertiary/aromatic N) is 1. The molecule has 1 aromatic rings. The Bertz CT molecular complexity index is 348. The van der Waals surface area contributed by atoms with Gasteiger partial charge in [0.2, 0.25) is 0 Å². The Morgan fingerprint density at radius 1 is 1.06 bits per heavy atom. The van der Waals surface area contributed by atoms with E-state index in [2.05, 4.69) is 36.3 Å². The maximum absolute atomic E-state index is 5.73. The van der Waals surface area contributed by atoms with E-state index >= 15 is 0 Å². The molecular formula is C15H22N2. The van der Waals surface area contributed by atoms with Gasteiger partial charge in [-0.25, -0.2) is 0 Å². The summed E-state index contributed by atoms with van der Waals surface area (Å²) in [7, 11) is 0. The van der Waals surface area contributed by atoms with Crippen molar-refractivity contribution in [3.8, 4) is 0 Å². The van der Waals surface area contributed by atoms with E-state index in [1.54, 1.807) is 0 Å². The summed E-state index contributed by atoms with van der Waals surface area (Å²) in [4.78, 5) is 2.31. The summed E-state index contributed by atoms with van der Waals surface area (Å²) in [5.74, 6) is 0. The van der Waals surface area contributed by atoms with Crippen molar-refractivity contribution in [1.29, 1.82) is 0 Å². The van der Waals surface area contributed by atoms with E-state index in [9.17, 15) is 0 Å². The van der Waals surface area contributed by atoms with Crippen molar-refractivity contribution in [2.45, 2.75) is 13.0 Å². The van der Waals surface area contributed by atoms with Crippen LogP contribution in [0.3, 0.4) is 0 Å². The van der Waals surface area contributed by atoms with Crippen LogP contribution in [-0.2, 0) is 13.0 Å². The van der Waals surface area contributed by atoms with Crippen molar-refractivity contribution in [3.63, 3.8) is 0 Å². The first-order valence-corrected chi connectivity index (χ1v) is 6.02. The molecule has 0 heterocycles. The summed E-state index contributed by atoms with van der Waals surface area (Å²) >= 11 is 0.